The van der Waals surface area contributed by atoms with Crippen LogP contribution in [0.1, 0.15) is 45.0 Å². The first-order valence-electron chi connectivity index (χ1n) is 9.29. The lowest BCUT2D eigenvalue weighted by atomic mass is 9.78. The zero-order valence-electron chi connectivity index (χ0n) is 15.5. The molecule has 25 heavy (non-hydrogen) atoms. The van der Waals surface area contributed by atoms with Gasteiger partial charge in [-0.25, -0.2) is 4.98 Å². The molecule has 0 spiro atoms. The number of amides is 1. The molecule has 2 N–H and O–H groups in total. The molecule has 0 bridgehead atoms. The van der Waals surface area contributed by atoms with Gasteiger partial charge in [-0.2, -0.15) is 0 Å². The Labute approximate surface area is 154 Å². The van der Waals surface area contributed by atoms with Crippen LogP contribution < -0.4 is 5.73 Å². The van der Waals surface area contributed by atoms with Gasteiger partial charge < -0.3 is 10.6 Å². The van der Waals surface area contributed by atoms with Crippen LogP contribution in [0, 0.1) is 10.8 Å². The summed E-state index contributed by atoms with van der Waals surface area (Å²) in [4.78, 5) is 20.2. The summed E-state index contributed by atoms with van der Waals surface area (Å²) in [6.45, 7) is 8.70. The second-order valence-electron chi connectivity index (χ2n) is 7.73. The zero-order chi connectivity index (χ0) is 18.1. The molecule has 0 radical (unpaired) electrons. The smallest absolute Gasteiger partial charge is 0.229 e. The Balaban J connectivity index is 1.84. The third-order valence-corrected chi connectivity index (χ3v) is 7.01. The lowest BCUT2D eigenvalue weighted by Gasteiger charge is -2.34. The number of nitrogens with two attached hydrogens (primary N) is 1. The van der Waals surface area contributed by atoms with E-state index < -0.39 is 0 Å². The molecule has 2 heterocycles. The summed E-state index contributed by atoms with van der Waals surface area (Å²) in [5.41, 5.74) is 6.67. The molecule has 0 saturated carbocycles. The van der Waals surface area contributed by atoms with Crippen molar-refractivity contribution in [2.24, 2.45) is 16.6 Å². The Kier molecular flexibility index (Phi) is 5.16. The van der Waals surface area contributed by atoms with Gasteiger partial charge in [-0.1, -0.05) is 32.9 Å². The number of aromatic nitrogens is 1. The Morgan fingerprint density at radius 2 is 2.08 bits per heavy atom. The van der Waals surface area contributed by atoms with Crippen LogP contribution in [0.2, 0.25) is 0 Å². The minimum absolute atomic E-state index is 0.0682. The van der Waals surface area contributed by atoms with E-state index in [-0.39, 0.29) is 16.7 Å². The Bertz CT molecular complexity index is 719. The van der Waals surface area contributed by atoms with Crippen LogP contribution in [-0.4, -0.2) is 35.4 Å². The Morgan fingerprint density at radius 1 is 1.36 bits per heavy atom. The fourth-order valence-corrected chi connectivity index (χ4v) is 4.97. The predicted molar refractivity (Wildman–Crippen MR) is 105 cm³/mol. The fraction of sp³-hybridized carbons (Fsp3) is 0.600. The van der Waals surface area contributed by atoms with Crippen LogP contribution in [0.3, 0.4) is 0 Å². The second kappa shape index (κ2) is 7.04. The number of likely N-dealkylation sites (tertiary alicyclic amines) is 1. The summed E-state index contributed by atoms with van der Waals surface area (Å²) in [5, 5.41) is 1.07. The van der Waals surface area contributed by atoms with Crippen LogP contribution in [0.15, 0.2) is 24.3 Å². The number of fused-ring (bicyclic) bond motifs is 1. The van der Waals surface area contributed by atoms with E-state index in [0.717, 1.165) is 49.3 Å². The van der Waals surface area contributed by atoms with Crippen molar-refractivity contribution < 1.29 is 4.79 Å². The lowest BCUT2D eigenvalue weighted by Crippen LogP contribution is -2.45. The fourth-order valence-electron chi connectivity index (χ4n) is 3.86. The average Bonchev–Trinajstić information content (AvgIpc) is 3.22. The van der Waals surface area contributed by atoms with Gasteiger partial charge >= 0.3 is 0 Å². The van der Waals surface area contributed by atoms with Crippen LogP contribution in [-0.2, 0) is 11.2 Å². The highest BCUT2D eigenvalue weighted by Crippen LogP contribution is 2.39. The lowest BCUT2D eigenvalue weighted by molar-refractivity contribution is -0.142. The van der Waals surface area contributed by atoms with Crippen LogP contribution in [0.5, 0.6) is 0 Å². The summed E-state index contributed by atoms with van der Waals surface area (Å²) in [6, 6.07) is 8.21. The molecule has 1 fully saturated rings. The summed E-state index contributed by atoms with van der Waals surface area (Å²) in [6.07, 6.45) is 3.41. The molecule has 1 aromatic carbocycles. The molecule has 0 aliphatic carbocycles. The number of carbonyl (C=O) groups excluding carboxylic acids is 1. The van der Waals surface area contributed by atoms with E-state index in [9.17, 15) is 4.79 Å². The number of nitrogens with zero attached hydrogens (tertiary/aromatic N) is 2. The molecule has 1 aromatic heterocycles. The molecular weight excluding hydrogens is 330 g/mol. The van der Waals surface area contributed by atoms with Crippen molar-refractivity contribution in [1.29, 1.82) is 0 Å². The van der Waals surface area contributed by atoms with Gasteiger partial charge in [0.25, 0.3) is 0 Å². The maximum atomic E-state index is 13.4. The third kappa shape index (κ3) is 3.44. The number of thiazole rings is 1. The molecule has 1 amide bonds. The van der Waals surface area contributed by atoms with Gasteiger partial charge in [0, 0.05) is 19.5 Å². The highest BCUT2D eigenvalue weighted by molar-refractivity contribution is 7.18. The molecule has 1 aliphatic rings. The van der Waals surface area contributed by atoms with Gasteiger partial charge in [0.15, 0.2) is 0 Å². The number of hydrogen-bond acceptors (Lipinski definition) is 4. The van der Waals surface area contributed by atoms with E-state index in [4.69, 9.17) is 10.7 Å². The highest BCUT2D eigenvalue weighted by atomic mass is 32.1. The van der Waals surface area contributed by atoms with Crippen molar-refractivity contribution in [3.63, 3.8) is 0 Å². The molecule has 4 nitrogen and oxygen atoms in total. The molecular formula is C20H29N3OS. The van der Waals surface area contributed by atoms with Crippen LogP contribution in [0.4, 0.5) is 0 Å². The second-order valence-corrected chi connectivity index (χ2v) is 8.85. The quantitative estimate of drug-likeness (QED) is 0.852. The van der Waals surface area contributed by atoms with Gasteiger partial charge in [-0.15, -0.1) is 11.3 Å². The summed E-state index contributed by atoms with van der Waals surface area (Å²) < 4.78 is 1.20. The van der Waals surface area contributed by atoms with Gasteiger partial charge in [0.2, 0.25) is 5.91 Å². The van der Waals surface area contributed by atoms with Crippen molar-refractivity contribution in [3.8, 4) is 0 Å². The molecule has 1 aliphatic heterocycles. The SMILES string of the molecule is CCC(CC)(Cc1nc2ccccc2s1)C(=O)N1CCC(C)(CN)C1. The third-order valence-electron chi connectivity index (χ3n) is 5.97. The minimum atomic E-state index is -0.353. The van der Waals surface area contributed by atoms with E-state index >= 15 is 0 Å². The molecule has 5 heteroatoms. The van der Waals surface area contributed by atoms with Gasteiger partial charge in [-0.05, 0) is 43.4 Å². The van der Waals surface area contributed by atoms with Crippen molar-refractivity contribution in [2.75, 3.05) is 19.6 Å². The highest BCUT2D eigenvalue weighted by Gasteiger charge is 2.43. The summed E-state index contributed by atoms with van der Waals surface area (Å²) in [5.74, 6) is 0.286. The first-order chi connectivity index (χ1) is 11.9. The zero-order valence-corrected chi connectivity index (χ0v) is 16.4. The predicted octanol–water partition coefficient (Wildman–Crippen LogP) is 3.84. The van der Waals surface area contributed by atoms with Crippen molar-refractivity contribution in [3.05, 3.63) is 29.3 Å². The monoisotopic (exact) mass is 359 g/mol. The maximum absolute atomic E-state index is 13.4. The summed E-state index contributed by atoms with van der Waals surface area (Å²) >= 11 is 1.72. The van der Waals surface area contributed by atoms with Crippen LogP contribution >= 0.6 is 11.3 Å². The van der Waals surface area contributed by atoms with Crippen molar-refractivity contribution in [2.45, 2.75) is 46.5 Å². The largest absolute Gasteiger partial charge is 0.342 e. The topological polar surface area (TPSA) is 59.2 Å². The van der Waals surface area contributed by atoms with Crippen molar-refractivity contribution in [1.82, 2.24) is 9.88 Å². The number of hydrogen-bond donors (Lipinski definition) is 1. The summed E-state index contributed by atoms with van der Waals surface area (Å²) in [7, 11) is 0. The molecule has 1 saturated heterocycles. The van der Waals surface area contributed by atoms with E-state index in [1.54, 1.807) is 11.3 Å². The van der Waals surface area contributed by atoms with E-state index in [2.05, 4.69) is 26.8 Å². The standard InChI is InChI=1S/C20H29N3OS/c1-4-20(5-2,18(24)23-11-10-19(3,13-21)14-23)12-17-22-15-8-6-7-9-16(15)25-17/h6-9H,4-5,10-14,21H2,1-3H3. The molecule has 2 aromatic rings. The number of carbonyl (C=O) groups is 1. The molecule has 1 atom stereocenters. The Morgan fingerprint density at radius 3 is 2.68 bits per heavy atom. The number of benzene rings is 1. The van der Waals surface area contributed by atoms with Gasteiger partial charge in [-0.3, -0.25) is 4.79 Å². The number of rotatable bonds is 6. The normalized spacial score (nSPS) is 21.2. The first-order valence-corrected chi connectivity index (χ1v) is 10.1. The maximum Gasteiger partial charge on any atom is 0.229 e. The number of para-hydroxylation sites is 1. The van der Waals surface area contributed by atoms with E-state index in [0.29, 0.717) is 6.54 Å². The van der Waals surface area contributed by atoms with Gasteiger partial charge in [0.1, 0.15) is 0 Å². The molecule has 1 unspecified atom stereocenters. The molecule has 3 rings (SSSR count). The van der Waals surface area contributed by atoms with Gasteiger partial charge in [0.05, 0.1) is 20.6 Å². The average molecular weight is 360 g/mol. The minimum Gasteiger partial charge on any atom is -0.342 e. The first kappa shape index (κ1) is 18.3. The molecule has 136 valence electrons. The van der Waals surface area contributed by atoms with E-state index in [1.165, 1.54) is 4.70 Å². The van der Waals surface area contributed by atoms with E-state index in [1.807, 2.05) is 23.1 Å². The Hall–Kier alpha value is -1.46. The van der Waals surface area contributed by atoms with Crippen LogP contribution in [0.25, 0.3) is 10.2 Å². The van der Waals surface area contributed by atoms with Crippen molar-refractivity contribution >= 4 is 27.5 Å².